The van der Waals surface area contributed by atoms with Gasteiger partial charge in [0.2, 0.25) is 0 Å². The molecule has 0 aromatic rings. The maximum atomic E-state index is 11.4. The molecule has 0 saturated carbocycles. The van der Waals surface area contributed by atoms with Crippen molar-refractivity contribution in [1.29, 1.82) is 0 Å². The fourth-order valence-electron chi connectivity index (χ4n) is 1.07. The fourth-order valence-corrected chi connectivity index (χ4v) is 2.04. The summed E-state index contributed by atoms with van der Waals surface area (Å²) < 4.78 is 4.78. The molecule has 0 fully saturated rings. The number of carbonyl (C=O) groups excluding carboxylic acids is 1. The summed E-state index contributed by atoms with van der Waals surface area (Å²) >= 11 is 1.63. The van der Waals surface area contributed by atoms with Crippen molar-refractivity contribution in [3.8, 4) is 0 Å². The fraction of sp³-hybridized carbons (Fsp3) is 0.462. The second-order valence-corrected chi connectivity index (χ2v) is 6.23. The number of carbonyl (C=O) groups is 1. The molecule has 0 bridgehead atoms. The number of rotatable bonds is 4. The summed E-state index contributed by atoms with van der Waals surface area (Å²) in [5.74, 6) is -0.339. The lowest BCUT2D eigenvalue weighted by molar-refractivity contribution is -0.135. The highest BCUT2D eigenvalue weighted by Gasteiger charge is 2.13. The van der Waals surface area contributed by atoms with Gasteiger partial charge >= 0.3 is 5.97 Å². The summed E-state index contributed by atoms with van der Waals surface area (Å²) in [6.07, 6.45) is 5.28. The number of ether oxygens (including phenoxy) is 1. The van der Waals surface area contributed by atoms with Crippen molar-refractivity contribution in [3.05, 3.63) is 35.3 Å². The highest BCUT2D eigenvalue weighted by Crippen LogP contribution is 2.31. The van der Waals surface area contributed by atoms with Gasteiger partial charge in [-0.1, -0.05) is 39.5 Å². The summed E-state index contributed by atoms with van der Waals surface area (Å²) in [5.41, 5.74) is 0.520. The van der Waals surface area contributed by atoms with Gasteiger partial charge in [-0.15, -0.1) is 11.8 Å². The molecule has 3 heteroatoms. The topological polar surface area (TPSA) is 26.3 Å². The van der Waals surface area contributed by atoms with Gasteiger partial charge in [-0.05, 0) is 13.0 Å². The van der Waals surface area contributed by atoms with Gasteiger partial charge < -0.3 is 4.74 Å². The molecule has 0 aliphatic rings. The molecular formula is C13H20O2S. The maximum absolute atomic E-state index is 11.4. The van der Waals surface area contributed by atoms with Crippen LogP contribution in [0.15, 0.2) is 35.3 Å². The van der Waals surface area contributed by atoms with E-state index in [9.17, 15) is 4.79 Å². The predicted octanol–water partition coefficient (Wildman–Crippen LogP) is 3.71. The third kappa shape index (κ3) is 6.51. The van der Waals surface area contributed by atoms with Crippen LogP contribution in [0.5, 0.6) is 0 Å². The zero-order chi connectivity index (χ0) is 12.8. The quantitative estimate of drug-likeness (QED) is 0.426. The smallest absolute Gasteiger partial charge is 0.337 e. The molecule has 0 saturated heterocycles. The first kappa shape index (κ1) is 15.0. The monoisotopic (exact) mass is 240 g/mol. The summed E-state index contributed by atoms with van der Waals surface area (Å²) in [5, 5.41) is 0. The lowest BCUT2D eigenvalue weighted by Crippen LogP contribution is -2.07. The number of methoxy groups -OCH3 is 1. The molecule has 0 aliphatic carbocycles. The van der Waals surface area contributed by atoms with E-state index < -0.39 is 0 Å². The van der Waals surface area contributed by atoms with Crippen LogP contribution >= 0.6 is 11.8 Å². The van der Waals surface area contributed by atoms with Gasteiger partial charge in [0, 0.05) is 9.65 Å². The number of hydrogen-bond donors (Lipinski definition) is 0. The van der Waals surface area contributed by atoms with Crippen molar-refractivity contribution >= 4 is 17.7 Å². The first-order valence-electron chi connectivity index (χ1n) is 5.11. The van der Waals surface area contributed by atoms with Crippen LogP contribution in [0.2, 0.25) is 0 Å². The summed E-state index contributed by atoms with van der Waals surface area (Å²) in [7, 11) is 1.37. The third-order valence-corrected chi connectivity index (χ3v) is 2.51. The maximum Gasteiger partial charge on any atom is 0.337 e. The molecule has 0 radical (unpaired) electrons. The van der Waals surface area contributed by atoms with E-state index in [-0.39, 0.29) is 10.7 Å². The second-order valence-electron chi connectivity index (χ2n) is 4.27. The van der Waals surface area contributed by atoms with Crippen molar-refractivity contribution in [2.45, 2.75) is 32.4 Å². The average molecular weight is 240 g/mol. The molecule has 0 atom stereocenters. The number of esters is 1. The van der Waals surface area contributed by atoms with E-state index in [1.54, 1.807) is 30.0 Å². The molecule has 0 aromatic carbocycles. The van der Waals surface area contributed by atoms with E-state index in [0.717, 1.165) is 4.91 Å². The van der Waals surface area contributed by atoms with Crippen LogP contribution in [-0.4, -0.2) is 17.8 Å². The Bertz CT molecular complexity index is 319. The van der Waals surface area contributed by atoms with Crippen molar-refractivity contribution < 1.29 is 9.53 Å². The van der Waals surface area contributed by atoms with Crippen molar-refractivity contribution in [2.24, 2.45) is 0 Å². The Morgan fingerprint density at radius 3 is 2.31 bits per heavy atom. The van der Waals surface area contributed by atoms with E-state index in [2.05, 4.69) is 32.1 Å². The average Bonchev–Trinajstić information content (AvgIpc) is 2.13. The van der Waals surface area contributed by atoms with E-state index in [0.29, 0.717) is 5.57 Å². The van der Waals surface area contributed by atoms with Gasteiger partial charge in [-0.2, -0.15) is 0 Å². The molecule has 0 amide bonds. The standard InChI is InChI=1S/C13H20O2S/c1-7-8-11(12(14)15-6)9-10(2)16-13(3,4)5/h7-9H,2H2,1,3-6H3/b8-7-,11-9+. The van der Waals surface area contributed by atoms with Crippen molar-refractivity contribution in [3.63, 3.8) is 0 Å². The molecular weight excluding hydrogens is 220 g/mol. The highest BCUT2D eigenvalue weighted by molar-refractivity contribution is 8.04. The lowest BCUT2D eigenvalue weighted by atomic mass is 10.2. The number of allylic oxidation sites excluding steroid dienone is 2. The molecule has 16 heavy (non-hydrogen) atoms. The minimum absolute atomic E-state index is 0.0880. The van der Waals surface area contributed by atoms with Gasteiger partial charge in [-0.25, -0.2) is 4.79 Å². The Morgan fingerprint density at radius 2 is 1.94 bits per heavy atom. The molecule has 0 heterocycles. The largest absolute Gasteiger partial charge is 0.465 e. The summed E-state index contributed by atoms with van der Waals surface area (Å²) in [6, 6.07) is 0. The SMILES string of the molecule is C=C(/C=C(\C=C/C)C(=O)OC)SC(C)(C)C. The van der Waals surface area contributed by atoms with Crippen LogP contribution < -0.4 is 0 Å². The van der Waals surface area contributed by atoms with Crippen molar-refractivity contribution in [1.82, 2.24) is 0 Å². The normalized spacial score (nSPS) is 12.9. The molecule has 0 aromatic heterocycles. The van der Waals surface area contributed by atoms with E-state index >= 15 is 0 Å². The Morgan fingerprint density at radius 1 is 1.38 bits per heavy atom. The summed E-state index contributed by atoms with van der Waals surface area (Å²) in [4.78, 5) is 12.3. The van der Waals surface area contributed by atoms with Gasteiger partial charge in [0.15, 0.2) is 0 Å². The minimum Gasteiger partial charge on any atom is -0.465 e. The van der Waals surface area contributed by atoms with Gasteiger partial charge in [0.1, 0.15) is 0 Å². The first-order chi connectivity index (χ1) is 7.30. The van der Waals surface area contributed by atoms with Crippen LogP contribution in [0, 0.1) is 0 Å². The molecule has 0 unspecified atom stereocenters. The van der Waals surface area contributed by atoms with Crippen LogP contribution in [0.1, 0.15) is 27.7 Å². The van der Waals surface area contributed by atoms with E-state index in [1.165, 1.54) is 7.11 Å². The Labute approximate surface area is 102 Å². The van der Waals surface area contributed by atoms with Crippen LogP contribution in [0.3, 0.4) is 0 Å². The Balaban J connectivity index is 4.80. The Hall–Kier alpha value is -0.960. The predicted molar refractivity (Wildman–Crippen MR) is 71.4 cm³/mol. The highest BCUT2D eigenvalue weighted by atomic mass is 32.2. The van der Waals surface area contributed by atoms with E-state index in [1.807, 2.05) is 6.92 Å². The molecule has 0 spiro atoms. The van der Waals surface area contributed by atoms with Crippen LogP contribution in [-0.2, 0) is 9.53 Å². The molecule has 90 valence electrons. The molecule has 0 rings (SSSR count). The molecule has 2 nitrogen and oxygen atoms in total. The number of hydrogen-bond acceptors (Lipinski definition) is 3. The Kier molecular flexibility index (Phi) is 6.19. The zero-order valence-electron chi connectivity index (χ0n) is 10.7. The molecule has 0 aliphatic heterocycles. The third-order valence-electron chi connectivity index (χ3n) is 1.52. The van der Waals surface area contributed by atoms with Crippen molar-refractivity contribution in [2.75, 3.05) is 7.11 Å². The lowest BCUT2D eigenvalue weighted by Gasteiger charge is -2.17. The van der Waals surface area contributed by atoms with Crippen LogP contribution in [0.25, 0.3) is 0 Å². The summed E-state index contributed by atoms with van der Waals surface area (Å²) in [6.45, 7) is 12.1. The van der Waals surface area contributed by atoms with Crippen LogP contribution in [0.4, 0.5) is 0 Å². The number of thioether (sulfide) groups is 1. The zero-order valence-corrected chi connectivity index (χ0v) is 11.5. The first-order valence-corrected chi connectivity index (χ1v) is 5.92. The van der Waals surface area contributed by atoms with Gasteiger partial charge in [0.25, 0.3) is 0 Å². The van der Waals surface area contributed by atoms with E-state index in [4.69, 9.17) is 0 Å². The van der Waals surface area contributed by atoms with Gasteiger partial charge in [0.05, 0.1) is 12.7 Å². The second kappa shape index (κ2) is 6.59. The van der Waals surface area contributed by atoms with Gasteiger partial charge in [-0.3, -0.25) is 0 Å². The molecule has 0 N–H and O–H groups in total. The minimum atomic E-state index is -0.339.